The van der Waals surface area contributed by atoms with E-state index < -0.39 is 12.1 Å². The van der Waals surface area contributed by atoms with Crippen LogP contribution in [0, 0.1) is 6.92 Å². The molecule has 0 saturated carbocycles. The predicted octanol–water partition coefficient (Wildman–Crippen LogP) is 3.39. The first-order valence-corrected chi connectivity index (χ1v) is 8.00. The van der Waals surface area contributed by atoms with Crippen molar-refractivity contribution >= 4 is 11.8 Å². The Morgan fingerprint density at radius 1 is 1.17 bits per heavy atom. The molecule has 1 aliphatic rings. The average molecular weight is 326 g/mol. The van der Waals surface area contributed by atoms with Gasteiger partial charge in [-0.05, 0) is 52.0 Å². The van der Waals surface area contributed by atoms with Crippen molar-refractivity contribution in [1.29, 1.82) is 0 Å². The molecule has 24 heavy (non-hydrogen) atoms. The van der Waals surface area contributed by atoms with E-state index in [9.17, 15) is 4.79 Å². The number of amides is 1. The summed E-state index contributed by atoms with van der Waals surface area (Å²) in [7, 11) is 0. The number of carbonyl (C=O) groups excluding carboxylic acids is 1. The molecule has 1 aromatic heterocycles. The number of aryl methyl sites for hydroxylation is 1. The number of nitrogens with one attached hydrogen (secondary N) is 1. The van der Waals surface area contributed by atoms with Gasteiger partial charge in [-0.2, -0.15) is 0 Å². The Kier molecular flexibility index (Phi) is 4.18. The molecule has 0 aliphatic carbocycles. The molecule has 3 rings (SSSR count). The quantitative estimate of drug-likeness (QED) is 0.940. The summed E-state index contributed by atoms with van der Waals surface area (Å²) >= 11 is 0. The normalized spacial score (nSPS) is 20.4. The molecular weight excluding hydrogens is 304 g/mol. The summed E-state index contributed by atoms with van der Waals surface area (Å²) < 4.78 is 11.4. The summed E-state index contributed by atoms with van der Waals surface area (Å²) in [5, 5.41) is 2.97. The van der Waals surface area contributed by atoms with E-state index >= 15 is 0 Å². The minimum absolute atomic E-state index is 0.175. The van der Waals surface area contributed by atoms with Crippen LogP contribution in [0.1, 0.15) is 43.8 Å². The molecule has 5 nitrogen and oxygen atoms in total. The van der Waals surface area contributed by atoms with E-state index in [4.69, 9.17) is 9.15 Å². The van der Waals surface area contributed by atoms with Crippen LogP contribution < -0.4 is 5.32 Å². The van der Waals surface area contributed by atoms with Crippen molar-refractivity contribution in [2.75, 3.05) is 0 Å². The molecule has 0 bridgehead atoms. The number of nitrogens with zero attached hydrogens (tertiary/aromatic N) is 1. The van der Waals surface area contributed by atoms with Crippen LogP contribution in [-0.4, -0.2) is 23.4 Å². The van der Waals surface area contributed by atoms with Gasteiger partial charge in [0.25, 0.3) is 0 Å². The lowest BCUT2D eigenvalue weighted by Crippen LogP contribution is -2.46. The lowest BCUT2D eigenvalue weighted by Gasteiger charge is -2.23. The Bertz CT molecular complexity index is 740. The maximum Gasteiger partial charge on any atom is 0.249 e. The van der Waals surface area contributed by atoms with Crippen molar-refractivity contribution in [2.24, 2.45) is 4.99 Å². The Labute approximate surface area is 141 Å². The molecule has 0 unspecified atom stereocenters. The molecule has 0 fully saturated rings. The Morgan fingerprint density at radius 3 is 2.46 bits per heavy atom. The fourth-order valence-corrected chi connectivity index (χ4v) is 2.55. The molecule has 1 amide bonds. The Morgan fingerprint density at radius 2 is 1.88 bits per heavy atom. The maximum atomic E-state index is 12.7. The number of carbonyl (C=O) groups is 1. The average Bonchev–Trinajstić information content (AvgIpc) is 3.15. The van der Waals surface area contributed by atoms with E-state index in [1.165, 1.54) is 0 Å². The summed E-state index contributed by atoms with van der Waals surface area (Å²) in [5.41, 5.74) is 1.66. The summed E-state index contributed by atoms with van der Waals surface area (Å²) in [6.07, 6.45) is 1.01. The van der Waals surface area contributed by atoms with E-state index in [0.717, 1.165) is 11.1 Å². The molecule has 5 heteroatoms. The zero-order chi connectivity index (χ0) is 17.3. The van der Waals surface area contributed by atoms with Crippen molar-refractivity contribution in [3.63, 3.8) is 0 Å². The van der Waals surface area contributed by atoms with Crippen molar-refractivity contribution in [3.05, 3.63) is 59.5 Å². The highest BCUT2D eigenvalue weighted by Crippen LogP contribution is 2.32. The van der Waals surface area contributed by atoms with Gasteiger partial charge in [-0.25, -0.2) is 4.99 Å². The van der Waals surface area contributed by atoms with Crippen molar-refractivity contribution in [3.8, 4) is 0 Å². The van der Waals surface area contributed by atoms with Gasteiger partial charge in [0, 0.05) is 11.1 Å². The van der Waals surface area contributed by atoms with E-state index in [1.807, 2.05) is 52.0 Å². The zero-order valence-corrected chi connectivity index (χ0v) is 14.4. The van der Waals surface area contributed by atoms with Gasteiger partial charge in [0.2, 0.25) is 11.8 Å². The van der Waals surface area contributed by atoms with E-state index in [0.29, 0.717) is 11.7 Å². The second-order valence-corrected chi connectivity index (χ2v) is 7.04. The minimum atomic E-state index is -0.674. The summed E-state index contributed by atoms with van der Waals surface area (Å²) in [6.45, 7) is 7.83. The van der Waals surface area contributed by atoms with Crippen LogP contribution in [0.2, 0.25) is 0 Å². The van der Waals surface area contributed by atoms with Crippen LogP contribution in [0.25, 0.3) is 0 Å². The number of furan rings is 1. The second-order valence-electron chi connectivity index (χ2n) is 7.04. The first-order valence-electron chi connectivity index (χ1n) is 8.00. The van der Waals surface area contributed by atoms with Crippen LogP contribution in [0.4, 0.5) is 0 Å². The Balaban J connectivity index is 1.91. The number of benzene rings is 1. The first kappa shape index (κ1) is 16.3. The molecular formula is C19H22N2O3. The van der Waals surface area contributed by atoms with Gasteiger partial charge in [0.15, 0.2) is 12.1 Å². The third-order valence-electron chi connectivity index (χ3n) is 3.67. The monoisotopic (exact) mass is 326 g/mol. The van der Waals surface area contributed by atoms with Gasteiger partial charge in [-0.15, -0.1) is 0 Å². The minimum Gasteiger partial charge on any atom is -0.465 e. The van der Waals surface area contributed by atoms with E-state index in [1.54, 1.807) is 18.4 Å². The smallest absolute Gasteiger partial charge is 0.249 e. The van der Waals surface area contributed by atoms with Crippen LogP contribution in [0.3, 0.4) is 0 Å². The van der Waals surface area contributed by atoms with E-state index in [2.05, 4.69) is 10.3 Å². The van der Waals surface area contributed by atoms with Crippen molar-refractivity contribution < 1.29 is 13.9 Å². The third-order valence-corrected chi connectivity index (χ3v) is 3.67. The molecule has 2 atom stereocenters. The number of hydrogen-bond acceptors (Lipinski definition) is 4. The number of hydrogen-bond donors (Lipinski definition) is 1. The van der Waals surface area contributed by atoms with Gasteiger partial charge in [-0.3, -0.25) is 4.79 Å². The summed E-state index contributed by atoms with van der Waals surface area (Å²) in [5.74, 6) is 0.881. The molecule has 0 spiro atoms. The largest absolute Gasteiger partial charge is 0.465 e. The SMILES string of the molecule is Cc1ccc(C2=N[C@@H](C(=O)NC(C)(C)C)[C@@H](c3ccco3)O2)cc1. The van der Waals surface area contributed by atoms with Gasteiger partial charge in [0.1, 0.15) is 5.76 Å². The standard InChI is InChI=1S/C19H22N2O3/c1-12-7-9-13(10-8-12)18-20-15(17(22)21-19(2,3)4)16(24-18)14-6-5-11-23-14/h5-11,15-16H,1-4H3,(H,21,22)/t15-,16-/m1/s1. The van der Waals surface area contributed by atoms with Crippen LogP contribution in [0.15, 0.2) is 52.1 Å². The predicted molar refractivity (Wildman–Crippen MR) is 91.9 cm³/mol. The fraction of sp³-hybridized carbons (Fsp3) is 0.368. The summed E-state index contributed by atoms with van der Waals surface area (Å²) in [4.78, 5) is 17.2. The first-order chi connectivity index (χ1) is 11.3. The highest BCUT2D eigenvalue weighted by Gasteiger charge is 2.40. The summed E-state index contributed by atoms with van der Waals surface area (Å²) in [6, 6.07) is 10.8. The maximum absolute atomic E-state index is 12.7. The van der Waals surface area contributed by atoms with Crippen molar-refractivity contribution in [1.82, 2.24) is 5.32 Å². The van der Waals surface area contributed by atoms with Gasteiger partial charge >= 0.3 is 0 Å². The lowest BCUT2D eigenvalue weighted by atomic mass is 10.1. The Hall–Kier alpha value is -2.56. The molecule has 0 saturated heterocycles. The van der Waals surface area contributed by atoms with Gasteiger partial charge < -0.3 is 14.5 Å². The van der Waals surface area contributed by atoms with E-state index in [-0.39, 0.29) is 11.4 Å². The second kappa shape index (κ2) is 6.15. The fourth-order valence-electron chi connectivity index (χ4n) is 2.55. The highest BCUT2D eigenvalue weighted by molar-refractivity contribution is 5.99. The third kappa shape index (κ3) is 3.50. The molecule has 0 radical (unpaired) electrons. The topological polar surface area (TPSA) is 63.8 Å². The number of aliphatic imine (C=N–C) groups is 1. The lowest BCUT2D eigenvalue weighted by molar-refractivity contribution is -0.125. The van der Waals surface area contributed by atoms with Crippen LogP contribution in [-0.2, 0) is 9.53 Å². The number of ether oxygens (including phenoxy) is 1. The van der Waals surface area contributed by atoms with Crippen LogP contribution >= 0.6 is 0 Å². The number of rotatable bonds is 3. The van der Waals surface area contributed by atoms with Gasteiger partial charge in [0.05, 0.1) is 6.26 Å². The highest BCUT2D eigenvalue weighted by atomic mass is 16.5. The van der Waals surface area contributed by atoms with Crippen LogP contribution in [0.5, 0.6) is 0 Å². The molecule has 1 aromatic carbocycles. The molecule has 1 N–H and O–H groups in total. The van der Waals surface area contributed by atoms with Gasteiger partial charge in [-0.1, -0.05) is 17.7 Å². The zero-order valence-electron chi connectivity index (χ0n) is 14.4. The molecule has 1 aliphatic heterocycles. The molecule has 2 aromatic rings. The molecule has 126 valence electrons. The van der Waals surface area contributed by atoms with Crippen molar-refractivity contribution in [2.45, 2.75) is 45.4 Å². The molecule has 2 heterocycles.